The van der Waals surface area contributed by atoms with Crippen molar-refractivity contribution in [3.05, 3.63) is 47.5 Å². The number of halogens is 1. The molecule has 0 atom stereocenters. The average Bonchev–Trinajstić information content (AvgIpc) is 3.15. The fourth-order valence-corrected chi connectivity index (χ4v) is 2.81. The molecule has 0 amide bonds. The van der Waals surface area contributed by atoms with Gasteiger partial charge in [0.05, 0.1) is 11.7 Å². The van der Waals surface area contributed by atoms with Crippen molar-refractivity contribution in [3.8, 4) is 5.75 Å². The second-order valence-corrected chi connectivity index (χ2v) is 5.51. The molecule has 1 aromatic carbocycles. The Morgan fingerprint density at radius 1 is 1.29 bits per heavy atom. The molecule has 1 saturated carbocycles. The summed E-state index contributed by atoms with van der Waals surface area (Å²) < 4.78 is 21.0. The van der Waals surface area contributed by atoms with E-state index >= 15 is 0 Å². The number of ether oxygens (including phenoxy) is 1. The lowest BCUT2D eigenvalue weighted by molar-refractivity contribution is 0.296. The number of hydrogen-bond donors (Lipinski definition) is 1. The van der Waals surface area contributed by atoms with Crippen LogP contribution in [-0.4, -0.2) is 9.78 Å². The number of nitrogens with zero attached hydrogens (tertiary/aromatic N) is 2. The highest BCUT2D eigenvalue weighted by atomic mass is 19.1. The van der Waals surface area contributed by atoms with E-state index in [1.165, 1.54) is 37.8 Å². The summed E-state index contributed by atoms with van der Waals surface area (Å²) in [4.78, 5) is 0. The monoisotopic (exact) mass is 289 g/mol. The molecule has 21 heavy (non-hydrogen) atoms. The maximum atomic E-state index is 13.4. The van der Waals surface area contributed by atoms with Crippen molar-refractivity contribution >= 4 is 0 Å². The summed E-state index contributed by atoms with van der Waals surface area (Å²) in [5.74, 6) is 0.162. The third kappa shape index (κ3) is 3.42. The normalized spacial score (nSPS) is 15.5. The van der Waals surface area contributed by atoms with Gasteiger partial charge in [0.15, 0.2) is 0 Å². The SMILES string of the molecule is NCc1cc(F)cc(OCc2ccn(C3CCCC3)n2)c1. The molecule has 0 unspecified atom stereocenters. The van der Waals surface area contributed by atoms with Gasteiger partial charge in [-0.15, -0.1) is 0 Å². The molecule has 0 aliphatic heterocycles. The summed E-state index contributed by atoms with van der Waals surface area (Å²) in [6.07, 6.45) is 6.96. The molecule has 1 aliphatic carbocycles. The molecule has 4 nitrogen and oxygen atoms in total. The highest BCUT2D eigenvalue weighted by Gasteiger charge is 2.17. The van der Waals surface area contributed by atoms with Gasteiger partial charge in [-0.3, -0.25) is 4.68 Å². The first-order chi connectivity index (χ1) is 10.2. The third-order valence-electron chi connectivity index (χ3n) is 3.92. The van der Waals surface area contributed by atoms with E-state index in [-0.39, 0.29) is 5.82 Å². The minimum Gasteiger partial charge on any atom is -0.487 e. The van der Waals surface area contributed by atoms with Crippen molar-refractivity contribution in [2.45, 2.75) is 44.9 Å². The molecule has 1 aliphatic rings. The molecule has 0 spiro atoms. The van der Waals surface area contributed by atoms with Crippen LogP contribution in [-0.2, 0) is 13.2 Å². The van der Waals surface area contributed by atoms with E-state index in [0.717, 1.165) is 11.3 Å². The van der Waals surface area contributed by atoms with Crippen molar-refractivity contribution < 1.29 is 9.13 Å². The molecule has 1 heterocycles. The molecule has 2 N–H and O–H groups in total. The minimum atomic E-state index is -0.329. The Labute approximate surface area is 123 Å². The van der Waals surface area contributed by atoms with E-state index in [4.69, 9.17) is 10.5 Å². The smallest absolute Gasteiger partial charge is 0.132 e. The highest BCUT2D eigenvalue weighted by molar-refractivity contribution is 5.29. The molecule has 5 heteroatoms. The molecular formula is C16H20FN3O. The fourth-order valence-electron chi connectivity index (χ4n) is 2.81. The van der Waals surface area contributed by atoms with E-state index in [1.807, 2.05) is 16.9 Å². The van der Waals surface area contributed by atoms with Gasteiger partial charge >= 0.3 is 0 Å². The highest BCUT2D eigenvalue weighted by Crippen LogP contribution is 2.28. The lowest BCUT2D eigenvalue weighted by atomic mass is 10.2. The topological polar surface area (TPSA) is 53.1 Å². The Morgan fingerprint density at radius 2 is 2.10 bits per heavy atom. The predicted octanol–water partition coefficient (Wildman–Crippen LogP) is 3.18. The first kappa shape index (κ1) is 14.1. The van der Waals surface area contributed by atoms with Crippen molar-refractivity contribution in [3.63, 3.8) is 0 Å². The minimum absolute atomic E-state index is 0.296. The van der Waals surface area contributed by atoms with Gasteiger partial charge in [0, 0.05) is 18.8 Å². The van der Waals surface area contributed by atoms with Gasteiger partial charge in [0.1, 0.15) is 18.2 Å². The van der Waals surface area contributed by atoms with E-state index in [2.05, 4.69) is 5.10 Å². The number of aromatic nitrogens is 2. The maximum Gasteiger partial charge on any atom is 0.132 e. The predicted molar refractivity (Wildman–Crippen MR) is 78.4 cm³/mol. The summed E-state index contributed by atoms with van der Waals surface area (Å²) in [5, 5.41) is 4.55. The summed E-state index contributed by atoms with van der Waals surface area (Å²) in [6.45, 7) is 0.637. The van der Waals surface area contributed by atoms with Gasteiger partial charge < -0.3 is 10.5 Å². The molecule has 1 fully saturated rings. The number of benzene rings is 1. The van der Waals surface area contributed by atoms with E-state index in [0.29, 0.717) is 24.9 Å². The van der Waals surface area contributed by atoms with Crippen molar-refractivity contribution in [2.75, 3.05) is 0 Å². The van der Waals surface area contributed by atoms with Crippen LogP contribution in [0.1, 0.15) is 43.0 Å². The first-order valence-electron chi connectivity index (χ1n) is 7.41. The fraction of sp³-hybridized carbons (Fsp3) is 0.438. The second-order valence-electron chi connectivity index (χ2n) is 5.51. The van der Waals surface area contributed by atoms with Crippen LogP contribution < -0.4 is 10.5 Å². The van der Waals surface area contributed by atoms with Crippen molar-refractivity contribution in [1.82, 2.24) is 9.78 Å². The van der Waals surface area contributed by atoms with E-state index in [9.17, 15) is 4.39 Å². The van der Waals surface area contributed by atoms with Crippen molar-refractivity contribution in [2.24, 2.45) is 5.73 Å². The van der Waals surface area contributed by atoms with Crippen LogP contribution in [0.3, 0.4) is 0 Å². The Morgan fingerprint density at radius 3 is 2.86 bits per heavy atom. The Balaban J connectivity index is 1.63. The standard InChI is InChI=1S/C16H20FN3O/c17-13-7-12(10-18)8-16(9-13)21-11-14-5-6-20(19-14)15-3-1-2-4-15/h5-9,15H,1-4,10-11,18H2. The van der Waals surface area contributed by atoms with Crippen LogP contribution in [0.5, 0.6) is 5.75 Å². The Bertz CT molecular complexity index is 605. The van der Waals surface area contributed by atoms with Gasteiger partial charge in [-0.2, -0.15) is 5.10 Å². The molecule has 112 valence electrons. The first-order valence-corrected chi connectivity index (χ1v) is 7.41. The molecule has 2 aromatic rings. The molecule has 3 rings (SSSR count). The molecular weight excluding hydrogens is 269 g/mol. The third-order valence-corrected chi connectivity index (χ3v) is 3.92. The summed E-state index contributed by atoms with van der Waals surface area (Å²) in [5.41, 5.74) is 7.12. The maximum absolute atomic E-state index is 13.4. The lowest BCUT2D eigenvalue weighted by Gasteiger charge is -2.09. The molecule has 0 saturated heterocycles. The van der Waals surface area contributed by atoms with Gasteiger partial charge in [-0.25, -0.2) is 4.39 Å². The molecule has 0 radical (unpaired) electrons. The average molecular weight is 289 g/mol. The van der Waals surface area contributed by atoms with Gasteiger partial charge in [-0.05, 0) is 36.6 Å². The number of nitrogens with two attached hydrogens (primary N) is 1. The van der Waals surface area contributed by atoms with Crippen LogP contribution >= 0.6 is 0 Å². The van der Waals surface area contributed by atoms with Crippen LogP contribution in [0, 0.1) is 5.82 Å². The molecule has 1 aromatic heterocycles. The van der Waals surface area contributed by atoms with Crippen LogP contribution in [0.15, 0.2) is 30.5 Å². The zero-order valence-electron chi connectivity index (χ0n) is 12.0. The van der Waals surface area contributed by atoms with Gasteiger partial charge in [-0.1, -0.05) is 12.8 Å². The zero-order chi connectivity index (χ0) is 14.7. The van der Waals surface area contributed by atoms with Crippen LogP contribution in [0.2, 0.25) is 0 Å². The molecule has 0 bridgehead atoms. The van der Waals surface area contributed by atoms with E-state index < -0.39 is 0 Å². The van der Waals surface area contributed by atoms with E-state index in [1.54, 1.807) is 6.07 Å². The quantitative estimate of drug-likeness (QED) is 0.919. The number of hydrogen-bond acceptors (Lipinski definition) is 3. The summed E-state index contributed by atoms with van der Waals surface area (Å²) in [7, 11) is 0. The zero-order valence-corrected chi connectivity index (χ0v) is 12.0. The Kier molecular flexibility index (Phi) is 4.20. The largest absolute Gasteiger partial charge is 0.487 e. The van der Waals surface area contributed by atoms with Crippen LogP contribution in [0.25, 0.3) is 0 Å². The van der Waals surface area contributed by atoms with Gasteiger partial charge in [0.2, 0.25) is 0 Å². The van der Waals surface area contributed by atoms with Crippen molar-refractivity contribution in [1.29, 1.82) is 0 Å². The summed E-state index contributed by atoms with van der Waals surface area (Å²) >= 11 is 0. The number of rotatable bonds is 5. The summed E-state index contributed by atoms with van der Waals surface area (Å²) in [6, 6.07) is 7.03. The van der Waals surface area contributed by atoms with Crippen LogP contribution in [0.4, 0.5) is 4.39 Å². The second kappa shape index (κ2) is 6.26. The Hall–Kier alpha value is -1.88. The van der Waals surface area contributed by atoms with Gasteiger partial charge in [0.25, 0.3) is 0 Å². The lowest BCUT2D eigenvalue weighted by Crippen LogP contribution is -2.06.